The lowest BCUT2D eigenvalue weighted by molar-refractivity contribution is 0.0691. The molecule has 0 aliphatic heterocycles. The average Bonchev–Trinajstić information content (AvgIpc) is 2.64. The van der Waals surface area contributed by atoms with Crippen molar-refractivity contribution in [1.82, 2.24) is 9.55 Å². The van der Waals surface area contributed by atoms with Crippen molar-refractivity contribution in [1.29, 1.82) is 0 Å². The molecule has 0 fully saturated rings. The molecule has 1 heterocycles. The molecule has 0 amide bonds. The summed E-state index contributed by atoms with van der Waals surface area (Å²) in [4.78, 5) is 14.8. The lowest BCUT2D eigenvalue weighted by Crippen LogP contribution is -2.00. The molecular formula is C13H14N2O2. The number of imidazole rings is 1. The van der Waals surface area contributed by atoms with Gasteiger partial charge in [0.1, 0.15) is 5.82 Å². The van der Waals surface area contributed by atoms with Crippen LogP contribution in [0.15, 0.2) is 30.5 Å². The molecule has 4 nitrogen and oxygen atoms in total. The Bertz CT molecular complexity index is 541. The minimum Gasteiger partial charge on any atom is -0.476 e. The number of benzene rings is 1. The van der Waals surface area contributed by atoms with Crippen LogP contribution in [-0.2, 0) is 6.54 Å². The third-order valence-electron chi connectivity index (χ3n) is 2.67. The fourth-order valence-electron chi connectivity index (χ4n) is 1.66. The minimum absolute atomic E-state index is 0.0922. The van der Waals surface area contributed by atoms with Crippen LogP contribution in [0.25, 0.3) is 0 Å². The van der Waals surface area contributed by atoms with Crippen molar-refractivity contribution in [2.24, 2.45) is 0 Å². The third-order valence-corrected chi connectivity index (χ3v) is 2.67. The molecule has 4 heteroatoms. The number of carbonyl (C=O) groups is 1. The number of hydrogen-bond acceptors (Lipinski definition) is 2. The van der Waals surface area contributed by atoms with Gasteiger partial charge in [-0.15, -0.1) is 0 Å². The van der Waals surface area contributed by atoms with Gasteiger partial charge < -0.3 is 9.67 Å². The number of carboxylic acids is 1. The maximum absolute atomic E-state index is 10.8. The van der Waals surface area contributed by atoms with Gasteiger partial charge in [-0.25, -0.2) is 9.78 Å². The van der Waals surface area contributed by atoms with Crippen LogP contribution >= 0.6 is 0 Å². The average molecular weight is 230 g/mol. The van der Waals surface area contributed by atoms with Crippen molar-refractivity contribution in [3.05, 3.63) is 53.1 Å². The van der Waals surface area contributed by atoms with E-state index in [0.717, 1.165) is 5.56 Å². The molecule has 0 radical (unpaired) electrons. The lowest BCUT2D eigenvalue weighted by Gasteiger charge is -2.05. The lowest BCUT2D eigenvalue weighted by atomic mass is 10.1. The summed E-state index contributed by atoms with van der Waals surface area (Å²) in [6.07, 6.45) is 1.57. The fraction of sp³-hybridized carbons (Fsp3) is 0.231. The van der Waals surface area contributed by atoms with E-state index in [2.05, 4.69) is 4.98 Å². The second-order valence-corrected chi connectivity index (χ2v) is 4.09. The van der Waals surface area contributed by atoms with E-state index in [1.165, 1.54) is 5.56 Å². The van der Waals surface area contributed by atoms with Crippen LogP contribution in [0.1, 0.15) is 27.4 Å². The molecule has 1 aromatic carbocycles. The molecule has 2 aromatic rings. The van der Waals surface area contributed by atoms with Crippen molar-refractivity contribution in [2.45, 2.75) is 20.4 Å². The molecule has 0 saturated carbocycles. The number of hydrogen-bond donors (Lipinski definition) is 1. The third kappa shape index (κ3) is 2.53. The van der Waals surface area contributed by atoms with E-state index < -0.39 is 5.97 Å². The number of carboxylic acid groups (broad SMARTS) is 1. The van der Waals surface area contributed by atoms with Gasteiger partial charge in [0.15, 0.2) is 5.69 Å². The largest absolute Gasteiger partial charge is 0.476 e. The number of aromatic nitrogens is 2. The monoisotopic (exact) mass is 230 g/mol. The first kappa shape index (κ1) is 11.4. The normalized spacial score (nSPS) is 10.5. The summed E-state index contributed by atoms with van der Waals surface area (Å²) in [6, 6.07) is 8.16. The summed E-state index contributed by atoms with van der Waals surface area (Å²) < 4.78 is 1.84. The first-order chi connectivity index (χ1) is 8.06. The Balaban J connectivity index is 2.24. The Kier molecular flexibility index (Phi) is 2.95. The van der Waals surface area contributed by atoms with Gasteiger partial charge in [-0.05, 0) is 19.4 Å². The van der Waals surface area contributed by atoms with Crippen LogP contribution in [-0.4, -0.2) is 20.6 Å². The summed E-state index contributed by atoms with van der Waals surface area (Å²) >= 11 is 0. The first-order valence-electron chi connectivity index (χ1n) is 5.39. The number of aryl methyl sites for hydroxylation is 2. The van der Waals surface area contributed by atoms with E-state index in [-0.39, 0.29) is 5.69 Å². The molecule has 0 unspecified atom stereocenters. The highest BCUT2D eigenvalue weighted by Gasteiger charge is 2.10. The number of aromatic carboxylic acids is 1. The van der Waals surface area contributed by atoms with Gasteiger partial charge in [0.25, 0.3) is 0 Å². The Labute approximate surface area is 99.5 Å². The van der Waals surface area contributed by atoms with E-state index >= 15 is 0 Å². The molecule has 2 rings (SSSR count). The molecule has 1 N–H and O–H groups in total. The van der Waals surface area contributed by atoms with Crippen LogP contribution in [0, 0.1) is 13.8 Å². The van der Waals surface area contributed by atoms with Gasteiger partial charge >= 0.3 is 5.97 Å². The molecule has 0 bridgehead atoms. The molecule has 0 atom stereocenters. The molecule has 0 spiro atoms. The predicted molar refractivity (Wildman–Crippen MR) is 64.2 cm³/mol. The van der Waals surface area contributed by atoms with Crippen LogP contribution in [0.3, 0.4) is 0 Å². The van der Waals surface area contributed by atoms with Crippen molar-refractivity contribution in [3.8, 4) is 0 Å². The van der Waals surface area contributed by atoms with Gasteiger partial charge in [-0.3, -0.25) is 0 Å². The highest BCUT2D eigenvalue weighted by atomic mass is 16.4. The summed E-state index contributed by atoms with van der Waals surface area (Å²) in [5, 5.41) is 8.85. The fourth-order valence-corrected chi connectivity index (χ4v) is 1.66. The zero-order valence-corrected chi connectivity index (χ0v) is 9.84. The number of rotatable bonds is 3. The van der Waals surface area contributed by atoms with E-state index in [9.17, 15) is 4.79 Å². The summed E-state index contributed by atoms with van der Waals surface area (Å²) in [5.74, 6) is -0.279. The Morgan fingerprint density at radius 2 is 1.94 bits per heavy atom. The Morgan fingerprint density at radius 3 is 2.47 bits per heavy atom. The quantitative estimate of drug-likeness (QED) is 0.879. The zero-order valence-electron chi connectivity index (χ0n) is 9.84. The molecule has 1 aromatic heterocycles. The first-order valence-corrected chi connectivity index (χ1v) is 5.39. The van der Waals surface area contributed by atoms with E-state index in [1.54, 1.807) is 13.1 Å². The second-order valence-electron chi connectivity index (χ2n) is 4.09. The predicted octanol–water partition coefficient (Wildman–Crippen LogP) is 2.25. The van der Waals surface area contributed by atoms with Crippen molar-refractivity contribution in [2.75, 3.05) is 0 Å². The van der Waals surface area contributed by atoms with Crippen molar-refractivity contribution >= 4 is 5.97 Å². The SMILES string of the molecule is Cc1ccc(Cn2cc(C(=O)O)nc2C)cc1. The summed E-state index contributed by atoms with van der Waals surface area (Å²) in [6.45, 7) is 4.49. The Hall–Kier alpha value is -2.10. The van der Waals surface area contributed by atoms with E-state index in [4.69, 9.17) is 5.11 Å². The summed E-state index contributed by atoms with van der Waals surface area (Å²) in [5.41, 5.74) is 2.44. The maximum Gasteiger partial charge on any atom is 0.356 e. The minimum atomic E-state index is -0.990. The highest BCUT2D eigenvalue weighted by Crippen LogP contribution is 2.09. The van der Waals surface area contributed by atoms with Gasteiger partial charge in [0.2, 0.25) is 0 Å². The van der Waals surface area contributed by atoms with Crippen molar-refractivity contribution < 1.29 is 9.90 Å². The molecule has 0 aliphatic rings. The van der Waals surface area contributed by atoms with Gasteiger partial charge in [0.05, 0.1) is 0 Å². The van der Waals surface area contributed by atoms with Gasteiger partial charge in [-0.2, -0.15) is 0 Å². The van der Waals surface area contributed by atoms with Crippen LogP contribution in [0.2, 0.25) is 0 Å². The topological polar surface area (TPSA) is 55.1 Å². The maximum atomic E-state index is 10.8. The highest BCUT2D eigenvalue weighted by molar-refractivity contribution is 5.85. The van der Waals surface area contributed by atoms with Crippen molar-refractivity contribution in [3.63, 3.8) is 0 Å². The number of nitrogens with zero attached hydrogens (tertiary/aromatic N) is 2. The summed E-state index contributed by atoms with van der Waals surface area (Å²) in [7, 11) is 0. The van der Waals surface area contributed by atoms with Gasteiger partial charge in [0, 0.05) is 12.7 Å². The van der Waals surface area contributed by atoms with Crippen LogP contribution < -0.4 is 0 Å². The Morgan fingerprint density at radius 1 is 1.29 bits per heavy atom. The molecule has 0 aliphatic carbocycles. The van der Waals surface area contributed by atoms with E-state index in [0.29, 0.717) is 12.4 Å². The van der Waals surface area contributed by atoms with Crippen LogP contribution in [0.4, 0.5) is 0 Å². The smallest absolute Gasteiger partial charge is 0.356 e. The molecule has 88 valence electrons. The van der Waals surface area contributed by atoms with E-state index in [1.807, 2.05) is 35.8 Å². The molecular weight excluding hydrogens is 216 g/mol. The molecule has 0 saturated heterocycles. The molecule has 17 heavy (non-hydrogen) atoms. The standard InChI is InChI=1S/C13H14N2O2/c1-9-3-5-11(6-4-9)7-15-8-12(13(16)17)14-10(15)2/h3-6,8H,7H2,1-2H3,(H,16,17). The zero-order chi connectivity index (χ0) is 12.4. The second kappa shape index (κ2) is 4.41. The van der Waals surface area contributed by atoms with Crippen LogP contribution in [0.5, 0.6) is 0 Å². The van der Waals surface area contributed by atoms with Gasteiger partial charge in [-0.1, -0.05) is 29.8 Å².